The van der Waals surface area contributed by atoms with E-state index in [9.17, 15) is 5.11 Å². The number of aliphatic hydroxyl groups is 1. The van der Waals surface area contributed by atoms with Crippen molar-refractivity contribution < 1.29 is 14.6 Å². The van der Waals surface area contributed by atoms with Gasteiger partial charge in [-0.3, -0.25) is 0 Å². The van der Waals surface area contributed by atoms with Crippen LogP contribution < -0.4 is 11.5 Å². The second-order valence-electron chi connectivity index (χ2n) is 8.42. The van der Waals surface area contributed by atoms with Gasteiger partial charge < -0.3 is 26.0 Å². The number of hydrogen-bond donors (Lipinski definition) is 3. The SMILES string of the molecule is C=C(N)/C=C\C(=C)OC(=C)/C=C\C(=C)C1(C(=C)/C=C\C(=C)OC(=C)/C=C\C(=C)N)CCC(O)CC1. The minimum Gasteiger partial charge on any atom is -0.459 e. The van der Waals surface area contributed by atoms with Gasteiger partial charge in [-0.2, -0.15) is 0 Å². The average Bonchev–Trinajstić information content (AvgIpc) is 2.79. The van der Waals surface area contributed by atoms with E-state index in [4.69, 9.17) is 20.9 Å². The molecule has 5 heteroatoms. The predicted molar refractivity (Wildman–Crippen MR) is 147 cm³/mol. The van der Waals surface area contributed by atoms with Crippen molar-refractivity contribution in [3.05, 3.63) is 147 Å². The molecule has 0 aromatic rings. The van der Waals surface area contributed by atoms with Crippen LogP contribution in [-0.2, 0) is 9.47 Å². The molecule has 1 saturated carbocycles. The molecule has 0 aromatic heterocycles. The molecule has 0 amide bonds. The summed E-state index contributed by atoms with van der Waals surface area (Å²) in [4.78, 5) is 0. The molecule has 0 radical (unpaired) electrons. The second-order valence-corrected chi connectivity index (χ2v) is 8.42. The summed E-state index contributed by atoms with van der Waals surface area (Å²) in [5.74, 6) is 1.55. The van der Waals surface area contributed by atoms with Gasteiger partial charge in [0.15, 0.2) is 0 Å². The molecule has 0 aliphatic heterocycles. The van der Waals surface area contributed by atoms with E-state index in [1.165, 1.54) is 0 Å². The molecule has 0 spiro atoms. The Balaban J connectivity index is 2.94. The average molecular weight is 475 g/mol. The molecule has 1 rings (SSSR count). The summed E-state index contributed by atoms with van der Waals surface area (Å²) in [7, 11) is 0. The van der Waals surface area contributed by atoms with Gasteiger partial charge in [0, 0.05) is 16.8 Å². The van der Waals surface area contributed by atoms with Crippen LogP contribution in [-0.4, -0.2) is 11.2 Å². The Labute approximate surface area is 210 Å². The van der Waals surface area contributed by atoms with Crippen LogP contribution in [0.25, 0.3) is 0 Å². The maximum atomic E-state index is 10.1. The summed E-state index contributed by atoms with van der Waals surface area (Å²) in [5.41, 5.74) is 13.0. The molecule has 35 heavy (non-hydrogen) atoms. The highest BCUT2D eigenvalue weighted by Gasteiger charge is 2.38. The van der Waals surface area contributed by atoms with Gasteiger partial charge in [-0.25, -0.2) is 0 Å². The van der Waals surface area contributed by atoms with E-state index in [1.54, 1.807) is 36.5 Å². The van der Waals surface area contributed by atoms with Crippen LogP contribution in [0, 0.1) is 5.41 Å². The van der Waals surface area contributed by atoms with E-state index in [-0.39, 0.29) is 6.10 Å². The number of nitrogens with two attached hydrogens (primary N) is 2. The number of rotatable bonds is 14. The zero-order chi connectivity index (χ0) is 26.6. The van der Waals surface area contributed by atoms with Crippen molar-refractivity contribution in [2.24, 2.45) is 16.9 Å². The van der Waals surface area contributed by atoms with Crippen molar-refractivity contribution in [3.63, 3.8) is 0 Å². The molecule has 1 fully saturated rings. The second kappa shape index (κ2) is 13.7. The lowest BCUT2D eigenvalue weighted by Gasteiger charge is -2.41. The molecule has 5 nitrogen and oxygen atoms in total. The smallest absolute Gasteiger partial charge is 0.120 e. The molecule has 1 aliphatic carbocycles. The quantitative estimate of drug-likeness (QED) is 0.204. The number of hydrogen-bond acceptors (Lipinski definition) is 5. The van der Waals surface area contributed by atoms with E-state index >= 15 is 0 Å². The highest BCUT2D eigenvalue weighted by molar-refractivity contribution is 5.42. The van der Waals surface area contributed by atoms with Crippen LogP contribution in [0.1, 0.15) is 25.7 Å². The Morgan fingerprint density at radius 2 is 0.914 bits per heavy atom. The third-order valence-electron chi connectivity index (χ3n) is 5.47. The standard InChI is InChI=1S/C30H38N2O3/c1-21(9-13-25(5)34-27(7)15-11-23(3)31)30(19-17-29(33)18-20-30)22(2)10-14-26(6)35-28(8)16-12-24(4)32/h9-16,29,33H,1-8,17-20,31-32H2/b13-9-,14-10-,15-11-,16-12-. The molecule has 1 aliphatic rings. The Kier molecular flexibility index (Phi) is 11.4. The van der Waals surface area contributed by atoms with Crippen LogP contribution in [0.5, 0.6) is 0 Å². The van der Waals surface area contributed by atoms with Gasteiger partial charge in [-0.05, 0) is 73.3 Å². The lowest BCUT2D eigenvalue weighted by Crippen LogP contribution is -2.32. The summed E-state index contributed by atoms with van der Waals surface area (Å²) < 4.78 is 11.1. The summed E-state index contributed by atoms with van der Waals surface area (Å²) in [6, 6.07) is 0. The fourth-order valence-electron chi connectivity index (χ4n) is 3.52. The van der Waals surface area contributed by atoms with Gasteiger partial charge in [-0.15, -0.1) is 0 Å². The molecule has 5 N–H and O–H groups in total. The van der Waals surface area contributed by atoms with Crippen molar-refractivity contribution in [1.82, 2.24) is 0 Å². The van der Waals surface area contributed by atoms with E-state index in [0.29, 0.717) is 60.1 Å². The largest absolute Gasteiger partial charge is 0.459 e. The van der Waals surface area contributed by atoms with Crippen molar-refractivity contribution in [2.45, 2.75) is 31.8 Å². The summed E-state index contributed by atoms with van der Waals surface area (Å²) in [6.45, 7) is 31.2. The van der Waals surface area contributed by atoms with E-state index in [2.05, 4.69) is 52.6 Å². The first-order valence-corrected chi connectivity index (χ1v) is 11.1. The van der Waals surface area contributed by atoms with E-state index < -0.39 is 5.41 Å². The zero-order valence-corrected chi connectivity index (χ0v) is 20.6. The maximum Gasteiger partial charge on any atom is 0.120 e. The molecule has 0 heterocycles. The normalized spacial score (nSPS) is 15.9. The highest BCUT2D eigenvalue weighted by Crippen LogP contribution is 2.48. The van der Waals surface area contributed by atoms with Gasteiger partial charge in [0.2, 0.25) is 0 Å². The maximum absolute atomic E-state index is 10.1. The lowest BCUT2D eigenvalue weighted by molar-refractivity contribution is 0.0953. The summed E-state index contributed by atoms with van der Waals surface area (Å²) in [6.07, 6.45) is 15.9. The first kappa shape index (κ1) is 29.1. The van der Waals surface area contributed by atoms with Crippen LogP contribution in [0.2, 0.25) is 0 Å². The Bertz CT molecular complexity index is 952. The topological polar surface area (TPSA) is 90.7 Å². The first-order chi connectivity index (χ1) is 16.4. The third kappa shape index (κ3) is 10.2. The van der Waals surface area contributed by atoms with Crippen LogP contribution in [0.4, 0.5) is 0 Å². The minimum atomic E-state index is -0.435. The lowest BCUT2D eigenvalue weighted by atomic mass is 9.64. The van der Waals surface area contributed by atoms with Crippen LogP contribution >= 0.6 is 0 Å². The molecule has 0 saturated heterocycles. The van der Waals surface area contributed by atoms with Crippen molar-refractivity contribution in [2.75, 3.05) is 0 Å². The van der Waals surface area contributed by atoms with E-state index in [0.717, 1.165) is 11.1 Å². The molecule has 0 atom stereocenters. The summed E-state index contributed by atoms with van der Waals surface area (Å²) >= 11 is 0. The Hall–Kier alpha value is -3.96. The Morgan fingerprint density at radius 1 is 0.600 bits per heavy atom. The molecule has 0 bridgehead atoms. The molecule has 0 unspecified atom stereocenters. The Morgan fingerprint density at radius 3 is 1.23 bits per heavy atom. The zero-order valence-electron chi connectivity index (χ0n) is 20.6. The number of ether oxygens (including phenoxy) is 2. The van der Waals surface area contributed by atoms with Gasteiger partial charge in [0.25, 0.3) is 0 Å². The molecular weight excluding hydrogens is 436 g/mol. The monoisotopic (exact) mass is 474 g/mol. The predicted octanol–water partition coefficient (Wildman–Crippen LogP) is 6.28. The molecule has 186 valence electrons. The van der Waals surface area contributed by atoms with Crippen LogP contribution in [0.15, 0.2) is 147 Å². The summed E-state index contributed by atoms with van der Waals surface area (Å²) in [5, 5.41) is 10.1. The van der Waals surface area contributed by atoms with Gasteiger partial charge in [0.05, 0.1) is 6.10 Å². The number of aliphatic hydroxyl groups excluding tert-OH is 1. The fourth-order valence-corrected chi connectivity index (χ4v) is 3.52. The van der Waals surface area contributed by atoms with Gasteiger partial charge in [-0.1, -0.05) is 64.8 Å². The van der Waals surface area contributed by atoms with Crippen molar-refractivity contribution in [1.29, 1.82) is 0 Å². The van der Waals surface area contributed by atoms with Gasteiger partial charge in [0.1, 0.15) is 23.0 Å². The first-order valence-electron chi connectivity index (χ1n) is 11.1. The minimum absolute atomic E-state index is 0.340. The number of allylic oxidation sites excluding steroid dienone is 10. The molecular formula is C30H38N2O3. The third-order valence-corrected chi connectivity index (χ3v) is 5.47. The highest BCUT2D eigenvalue weighted by atomic mass is 16.5. The van der Waals surface area contributed by atoms with E-state index in [1.807, 2.05) is 12.2 Å². The van der Waals surface area contributed by atoms with Crippen molar-refractivity contribution >= 4 is 0 Å². The van der Waals surface area contributed by atoms with Crippen LogP contribution in [0.3, 0.4) is 0 Å². The molecule has 0 aromatic carbocycles. The fraction of sp³-hybridized carbons (Fsp3) is 0.200. The van der Waals surface area contributed by atoms with Gasteiger partial charge >= 0.3 is 0 Å². The van der Waals surface area contributed by atoms with Crippen molar-refractivity contribution in [3.8, 4) is 0 Å².